The fraction of sp³-hybridized carbons (Fsp3) is 0.400. The summed E-state index contributed by atoms with van der Waals surface area (Å²) in [5.41, 5.74) is 0.639. The van der Waals surface area contributed by atoms with Crippen LogP contribution in [0.3, 0.4) is 0 Å². The normalized spacial score (nSPS) is 18.8. The SMILES string of the molecule is O=c1nc2n(CCC3CCCO3)ncn2c2ccccc12. The molecule has 108 valence electrons. The Bertz CT molecular complexity index is 846. The van der Waals surface area contributed by atoms with Gasteiger partial charge in [-0.3, -0.25) is 9.20 Å². The molecule has 2 aromatic heterocycles. The number of hydrogen-bond donors (Lipinski definition) is 0. The van der Waals surface area contributed by atoms with E-state index in [0.29, 0.717) is 23.8 Å². The first-order valence-corrected chi connectivity index (χ1v) is 7.27. The second kappa shape index (κ2) is 4.96. The fourth-order valence-corrected chi connectivity index (χ4v) is 2.93. The van der Waals surface area contributed by atoms with Crippen LogP contribution in [0, 0.1) is 0 Å². The van der Waals surface area contributed by atoms with E-state index >= 15 is 0 Å². The summed E-state index contributed by atoms with van der Waals surface area (Å²) in [6, 6.07) is 7.47. The molecule has 0 amide bonds. The van der Waals surface area contributed by atoms with Crippen LogP contribution in [0.1, 0.15) is 19.3 Å². The summed E-state index contributed by atoms with van der Waals surface area (Å²) in [6.45, 7) is 1.57. The van der Waals surface area contributed by atoms with Gasteiger partial charge in [-0.2, -0.15) is 10.1 Å². The van der Waals surface area contributed by atoms with Crippen molar-refractivity contribution in [1.29, 1.82) is 0 Å². The monoisotopic (exact) mass is 284 g/mol. The number of para-hydroxylation sites is 1. The van der Waals surface area contributed by atoms with Crippen LogP contribution in [-0.2, 0) is 11.3 Å². The minimum absolute atomic E-state index is 0.204. The van der Waals surface area contributed by atoms with Crippen LogP contribution in [0.5, 0.6) is 0 Å². The summed E-state index contributed by atoms with van der Waals surface area (Å²) in [4.78, 5) is 16.3. The van der Waals surface area contributed by atoms with Gasteiger partial charge in [0.25, 0.3) is 5.56 Å². The molecule has 1 aromatic carbocycles. The van der Waals surface area contributed by atoms with E-state index in [1.54, 1.807) is 17.1 Å². The molecule has 6 heteroatoms. The van der Waals surface area contributed by atoms with E-state index in [4.69, 9.17) is 4.74 Å². The first-order chi connectivity index (χ1) is 10.3. The molecular weight excluding hydrogens is 268 g/mol. The summed E-state index contributed by atoms with van der Waals surface area (Å²) in [7, 11) is 0. The van der Waals surface area contributed by atoms with Crippen LogP contribution in [0.25, 0.3) is 16.7 Å². The lowest BCUT2D eigenvalue weighted by molar-refractivity contribution is 0.0997. The van der Waals surface area contributed by atoms with Crippen LogP contribution in [0.2, 0.25) is 0 Å². The Morgan fingerprint density at radius 3 is 3.10 bits per heavy atom. The van der Waals surface area contributed by atoms with Gasteiger partial charge in [0, 0.05) is 13.2 Å². The topological polar surface area (TPSA) is 61.4 Å². The summed E-state index contributed by atoms with van der Waals surface area (Å²) >= 11 is 0. The summed E-state index contributed by atoms with van der Waals surface area (Å²) in [6.07, 6.45) is 5.17. The average molecular weight is 284 g/mol. The van der Waals surface area contributed by atoms with Gasteiger partial charge in [-0.15, -0.1) is 0 Å². The molecule has 0 spiro atoms. The minimum atomic E-state index is -0.204. The summed E-state index contributed by atoms with van der Waals surface area (Å²) in [5, 5.41) is 4.99. The molecule has 0 bridgehead atoms. The Hall–Kier alpha value is -2.21. The van der Waals surface area contributed by atoms with Gasteiger partial charge in [0.1, 0.15) is 6.33 Å². The highest BCUT2D eigenvalue weighted by atomic mass is 16.5. The Morgan fingerprint density at radius 1 is 1.33 bits per heavy atom. The lowest BCUT2D eigenvalue weighted by atomic mass is 10.2. The third-order valence-corrected chi connectivity index (χ3v) is 4.04. The molecule has 3 aromatic rings. The third kappa shape index (κ3) is 2.12. The number of aryl methyl sites for hydroxylation is 1. The molecule has 21 heavy (non-hydrogen) atoms. The highest BCUT2D eigenvalue weighted by molar-refractivity contribution is 5.79. The lowest BCUT2D eigenvalue weighted by Gasteiger charge is -2.09. The molecule has 6 nitrogen and oxygen atoms in total. The van der Waals surface area contributed by atoms with Crippen molar-refractivity contribution in [2.75, 3.05) is 6.61 Å². The van der Waals surface area contributed by atoms with Crippen LogP contribution in [-0.4, -0.2) is 31.9 Å². The van der Waals surface area contributed by atoms with E-state index in [2.05, 4.69) is 10.1 Å². The first kappa shape index (κ1) is 12.5. The number of ether oxygens (including phenoxy) is 1. The summed E-state index contributed by atoms with van der Waals surface area (Å²) in [5.74, 6) is 0.594. The predicted octanol–water partition coefficient (Wildman–Crippen LogP) is 1.61. The molecule has 1 saturated heterocycles. The molecule has 0 N–H and O–H groups in total. The van der Waals surface area contributed by atoms with Gasteiger partial charge in [-0.25, -0.2) is 4.68 Å². The average Bonchev–Trinajstić information content (AvgIpc) is 3.15. The number of nitrogens with zero attached hydrogens (tertiary/aromatic N) is 4. The van der Waals surface area contributed by atoms with Gasteiger partial charge in [0.05, 0.1) is 17.0 Å². The highest BCUT2D eigenvalue weighted by Gasteiger charge is 2.16. The van der Waals surface area contributed by atoms with Gasteiger partial charge < -0.3 is 4.74 Å². The van der Waals surface area contributed by atoms with Crippen LogP contribution in [0.4, 0.5) is 0 Å². The number of aromatic nitrogens is 4. The van der Waals surface area contributed by atoms with Gasteiger partial charge in [0.2, 0.25) is 5.78 Å². The van der Waals surface area contributed by atoms with Crippen molar-refractivity contribution in [2.45, 2.75) is 31.9 Å². The number of benzene rings is 1. The quantitative estimate of drug-likeness (QED) is 0.733. The molecule has 1 aliphatic heterocycles. The molecule has 1 unspecified atom stereocenters. The highest BCUT2D eigenvalue weighted by Crippen LogP contribution is 2.17. The zero-order valence-electron chi connectivity index (χ0n) is 11.6. The number of rotatable bonds is 3. The molecular formula is C15H16N4O2. The fourth-order valence-electron chi connectivity index (χ4n) is 2.93. The minimum Gasteiger partial charge on any atom is -0.378 e. The Balaban J connectivity index is 1.75. The van der Waals surface area contributed by atoms with E-state index in [1.165, 1.54) is 0 Å². The van der Waals surface area contributed by atoms with Crippen molar-refractivity contribution in [2.24, 2.45) is 0 Å². The van der Waals surface area contributed by atoms with Crippen molar-refractivity contribution in [1.82, 2.24) is 19.2 Å². The second-order valence-electron chi connectivity index (χ2n) is 5.38. The van der Waals surface area contributed by atoms with Crippen molar-refractivity contribution >= 4 is 16.7 Å². The van der Waals surface area contributed by atoms with Crippen molar-refractivity contribution < 1.29 is 4.74 Å². The first-order valence-electron chi connectivity index (χ1n) is 7.27. The molecule has 1 aliphatic rings. The zero-order chi connectivity index (χ0) is 14.2. The molecule has 1 fully saturated rings. The third-order valence-electron chi connectivity index (χ3n) is 4.04. The molecule has 3 heterocycles. The molecule has 0 aliphatic carbocycles. The van der Waals surface area contributed by atoms with Crippen molar-refractivity contribution in [3.05, 3.63) is 40.9 Å². The zero-order valence-corrected chi connectivity index (χ0v) is 11.6. The van der Waals surface area contributed by atoms with Crippen molar-refractivity contribution in [3.8, 4) is 0 Å². The van der Waals surface area contributed by atoms with Crippen LogP contribution < -0.4 is 5.56 Å². The lowest BCUT2D eigenvalue weighted by Crippen LogP contribution is -2.15. The molecule has 0 radical (unpaired) electrons. The maximum absolute atomic E-state index is 12.1. The molecule has 4 rings (SSSR count). The largest absolute Gasteiger partial charge is 0.378 e. The van der Waals surface area contributed by atoms with Crippen LogP contribution >= 0.6 is 0 Å². The maximum atomic E-state index is 12.1. The standard InChI is InChI=1S/C15H16N4O2/c20-14-12-5-1-2-6-13(12)18-10-16-19(15(18)17-14)8-7-11-4-3-9-21-11/h1-2,5-6,10-11H,3-4,7-9H2. The van der Waals surface area contributed by atoms with E-state index in [9.17, 15) is 4.79 Å². The van der Waals surface area contributed by atoms with Gasteiger partial charge >= 0.3 is 0 Å². The van der Waals surface area contributed by atoms with Gasteiger partial charge in [-0.05, 0) is 31.4 Å². The van der Waals surface area contributed by atoms with E-state index in [0.717, 1.165) is 31.4 Å². The van der Waals surface area contributed by atoms with Gasteiger partial charge in [-0.1, -0.05) is 12.1 Å². The van der Waals surface area contributed by atoms with E-state index in [1.807, 2.05) is 22.6 Å². The maximum Gasteiger partial charge on any atom is 0.282 e. The van der Waals surface area contributed by atoms with Gasteiger partial charge in [0.15, 0.2) is 0 Å². The Morgan fingerprint density at radius 2 is 2.24 bits per heavy atom. The van der Waals surface area contributed by atoms with E-state index in [-0.39, 0.29) is 5.56 Å². The van der Waals surface area contributed by atoms with Crippen molar-refractivity contribution in [3.63, 3.8) is 0 Å². The Kier molecular flexibility index (Phi) is 2.96. The molecule has 1 atom stereocenters. The van der Waals surface area contributed by atoms with E-state index < -0.39 is 0 Å². The predicted molar refractivity (Wildman–Crippen MR) is 78.3 cm³/mol. The number of fused-ring (bicyclic) bond motifs is 3. The number of hydrogen-bond acceptors (Lipinski definition) is 4. The molecule has 0 saturated carbocycles. The smallest absolute Gasteiger partial charge is 0.282 e. The Labute approximate surface area is 121 Å². The van der Waals surface area contributed by atoms with Crippen LogP contribution in [0.15, 0.2) is 35.4 Å². The summed E-state index contributed by atoms with van der Waals surface area (Å²) < 4.78 is 9.28. The second-order valence-corrected chi connectivity index (χ2v) is 5.38.